The predicted molar refractivity (Wildman–Crippen MR) is 113 cm³/mol. The van der Waals surface area contributed by atoms with Gasteiger partial charge in [0.2, 0.25) is 5.91 Å². The van der Waals surface area contributed by atoms with Crippen LogP contribution in [-0.4, -0.2) is 56.4 Å². The first-order valence-electron chi connectivity index (χ1n) is 11.1. The van der Waals surface area contributed by atoms with Gasteiger partial charge in [0.1, 0.15) is 5.82 Å². The molecule has 2 aromatic heterocycles. The average Bonchev–Trinajstić information content (AvgIpc) is 3.18. The van der Waals surface area contributed by atoms with Crippen molar-refractivity contribution in [1.29, 1.82) is 0 Å². The minimum absolute atomic E-state index is 0.299. The van der Waals surface area contributed by atoms with Gasteiger partial charge in [-0.3, -0.25) is 14.7 Å². The zero-order chi connectivity index (χ0) is 20.1. The number of rotatable bonds is 7. The number of imidazole rings is 1. The summed E-state index contributed by atoms with van der Waals surface area (Å²) in [5.41, 5.74) is 1.37. The molecule has 4 heterocycles. The van der Waals surface area contributed by atoms with Crippen LogP contribution in [0.25, 0.3) is 0 Å². The second-order valence-electron chi connectivity index (χ2n) is 8.70. The SMILES string of the molecule is CCCn1ccnc1CN1CCC2(CCC(=O)N(CCc3ccccn3)C2)CC1. The van der Waals surface area contributed by atoms with Gasteiger partial charge in [0, 0.05) is 56.8 Å². The molecule has 0 radical (unpaired) electrons. The van der Waals surface area contributed by atoms with Crippen LogP contribution in [0.5, 0.6) is 0 Å². The van der Waals surface area contributed by atoms with Crippen LogP contribution < -0.4 is 0 Å². The molecule has 6 heteroatoms. The summed E-state index contributed by atoms with van der Waals surface area (Å²) in [5, 5.41) is 0. The highest BCUT2D eigenvalue weighted by Gasteiger charge is 2.40. The molecule has 0 N–H and O–H groups in total. The van der Waals surface area contributed by atoms with E-state index in [1.54, 1.807) is 0 Å². The zero-order valence-electron chi connectivity index (χ0n) is 17.6. The average molecular weight is 396 g/mol. The fraction of sp³-hybridized carbons (Fsp3) is 0.609. The van der Waals surface area contributed by atoms with Crippen molar-refractivity contribution in [1.82, 2.24) is 24.3 Å². The molecule has 2 aromatic rings. The number of amides is 1. The van der Waals surface area contributed by atoms with Crippen molar-refractivity contribution in [3.05, 3.63) is 48.3 Å². The van der Waals surface area contributed by atoms with Crippen LogP contribution in [0, 0.1) is 5.41 Å². The third-order valence-electron chi connectivity index (χ3n) is 6.66. The summed E-state index contributed by atoms with van der Waals surface area (Å²) in [6.45, 7) is 8.08. The van der Waals surface area contributed by atoms with Crippen molar-refractivity contribution in [2.75, 3.05) is 26.2 Å². The first-order valence-corrected chi connectivity index (χ1v) is 11.1. The van der Waals surface area contributed by atoms with Crippen LogP contribution in [0.15, 0.2) is 36.8 Å². The van der Waals surface area contributed by atoms with Gasteiger partial charge >= 0.3 is 0 Å². The van der Waals surface area contributed by atoms with Crippen molar-refractivity contribution in [2.45, 2.75) is 58.5 Å². The highest BCUT2D eigenvalue weighted by molar-refractivity contribution is 5.77. The predicted octanol–water partition coefficient (Wildman–Crippen LogP) is 3.14. The summed E-state index contributed by atoms with van der Waals surface area (Å²) in [6.07, 6.45) is 11.9. The van der Waals surface area contributed by atoms with Gasteiger partial charge in [-0.2, -0.15) is 0 Å². The summed E-state index contributed by atoms with van der Waals surface area (Å²) in [7, 11) is 0. The van der Waals surface area contributed by atoms with E-state index in [0.717, 1.165) is 64.2 Å². The van der Waals surface area contributed by atoms with E-state index in [1.807, 2.05) is 30.6 Å². The number of nitrogens with zero attached hydrogens (tertiary/aromatic N) is 5. The summed E-state index contributed by atoms with van der Waals surface area (Å²) in [4.78, 5) is 26.1. The molecule has 0 atom stereocenters. The van der Waals surface area contributed by atoms with E-state index in [2.05, 4.69) is 37.5 Å². The Morgan fingerprint density at radius 3 is 2.69 bits per heavy atom. The highest BCUT2D eigenvalue weighted by Crippen LogP contribution is 2.40. The summed E-state index contributed by atoms with van der Waals surface area (Å²) < 4.78 is 2.28. The molecular formula is C23H33N5O. The Kier molecular flexibility index (Phi) is 6.28. The molecule has 2 fully saturated rings. The van der Waals surface area contributed by atoms with E-state index in [4.69, 9.17) is 0 Å². The number of likely N-dealkylation sites (tertiary alicyclic amines) is 2. The van der Waals surface area contributed by atoms with Crippen molar-refractivity contribution >= 4 is 5.91 Å². The second kappa shape index (κ2) is 9.08. The maximum absolute atomic E-state index is 12.5. The number of piperidine rings is 2. The van der Waals surface area contributed by atoms with Gasteiger partial charge in [-0.15, -0.1) is 0 Å². The summed E-state index contributed by atoms with van der Waals surface area (Å²) >= 11 is 0. The molecule has 0 saturated carbocycles. The topological polar surface area (TPSA) is 54.3 Å². The number of aromatic nitrogens is 3. The molecule has 1 spiro atoms. The molecule has 1 amide bonds. The van der Waals surface area contributed by atoms with Crippen molar-refractivity contribution in [3.8, 4) is 0 Å². The first-order chi connectivity index (χ1) is 14.2. The molecule has 6 nitrogen and oxygen atoms in total. The molecule has 0 aromatic carbocycles. The lowest BCUT2D eigenvalue weighted by Gasteiger charge is -2.47. The zero-order valence-corrected chi connectivity index (χ0v) is 17.6. The van der Waals surface area contributed by atoms with Crippen LogP contribution in [0.1, 0.15) is 50.5 Å². The molecule has 2 aliphatic heterocycles. The Hall–Kier alpha value is -2.21. The molecule has 4 rings (SSSR count). The van der Waals surface area contributed by atoms with Crippen LogP contribution in [0.2, 0.25) is 0 Å². The third-order valence-corrected chi connectivity index (χ3v) is 6.66. The van der Waals surface area contributed by atoms with E-state index in [9.17, 15) is 4.79 Å². The standard InChI is InChI=1S/C23H33N5O/c1-2-13-27-17-12-25-21(27)18-26-15-9-23(10-16-26)8-6-22(29)28(19-23)14-7-20-5-3-4-11-24-20/h3-5,11-12,17H,2,6-10,13-16,18-19H2,1H3. The Labute approximate surface area is 173 Å². The molecule has 29 heavy (non-hydrogen) atoms. The van der Waals surface area contributed by atoms with Crippen LogP contribution in [0.3, 0.4) is 0 Å². The van der Waals surface area contributed by atoms with E-state index in [1.165, 1.54) is 18.7 Å². The van der Waals surface area contributed by atoms with Crippen LogP contribution in [0.4, 0.5) is 0 Å². The summed E-state index contributed by atoms with van der Waals surface area (Å²) in [5.74, 6) is 1.49. The Balaban J connectivity index is 1.31. The smallest absolute Gasteiger partial charge is 0.222 e. The van der Waals surface area contributed by atoms with E-state index < -0.39 is 0 Å². The molecule has 0 unspecified atom stereocenters. The number of aryl methyl sites for hydroxylation is 1. The molecule has 2 aliphatic rings. The largest absolute Gasteiger partial charge is 0.342 e. The number of hydrogen-bond acceptors (Lipinski definition) is 4. The Morgan fingerprint density at radius 1 is 1.07 bits per heavy atom. The monoisotopic (exact) mass is 395 g/mol. The quantitative estimate of drug-likeness (QED) is 0.723. The number of carbonyl (C=O) groups is 1. The number of carbonyl (C=O) groups excluding carboxylic acids is 1. The Bertz CT molecular complexity index is 795. The second-order valence-corrected chi connectivity index (χ2v) is 8.70. The normalized spacial score (nSPS) is 19.8. The summed E-state index contributed by atoms with van der Waals surface area (Å²) in [6, 6.07) is 6.00. The molecule has 2 saturated heterocycles. The third kappa shape index (κ3) is 4.86. The van der Waals surface area contributed by atoms with Gasteiger partial charge in [0.05, 0.1) is 6.54 Å². The van der Waals surface area contributed by atoms with Gasteiger partial charge in [0.15, 0.2) is 0 Å². The first kappa shape index (κ1) is 20.1. The van der Waals surface area contributed by atoms with Gasteiger partial charge in [-0.1, -0.05) is 13.0 Å². The van der Waals surface area contributed by atoms with Crippen molar-refractivity contribution in [3.63, 3.8) is 0 Å². The van der Waals surface area contributed by atoms with Crippen LogP contribution >= 0.6 is 0 Å². The van der Waals surface area contributed by atoms with Gasteiger partial charge in [-0.05, 0) is 56.3 Å². The fourth-order valence-electron chi connectivity index (χ4n) is 4.83. The lowest BCUT2D eigenvalue weighted by atomic mass is 9.72. The molecule has 0 aliphatic carbocycles. The lowest BCUT2D eigenvalue weighted by Crippen LogP contribution is -2.51. The highest BCUT2D eigenvalue weighted by atomic mass is 16.2. The van der Waals surface area contributed by atoms with Gasteiger partial charge < -0.3 is 9.47 Å². The Morgan fingerprint density at radius 2 is 1.93 bits per heavy atom. The lowest BCUT2D eigenvalue weighted by molar-refractivity contribution is -0.139. The van der Waals surface area contributed by atoms with Crippen LogP contribution in [-0.2, 0) is 24.3 Å². The minimum Gasteiger partial charge on any atom is -0.342 e. The van der Waals surface area contributed by atoms with E-state index in [0.29, 0.717) is 17.7 Å². The number of pyridine rings is 1. The van der Waals surface area contributed by atoms with Gasteiger partial charge in [0.25, 0.3) is 0 Å². The maximum Gasteiger partial charge on any atom is 0.222 e. The van der Waals surface area contributed by atoms with E-state index >= 15 is 0 Å². The maximum atomic E-state index is 12.5. The fourth-order valence-corrected chi connectivity index (χ4v) is 4.83. The van der Waals surface area contributed by atoms with Gasteiger partial charge in [-0.25, -0.2) is 4.98 Å². The van der Waals surface area contributed by atoms with Crippen molar-refractivity contribution < 1.29 is 4.79 Å². The van der Waals surface area contributed by atoms with Crippen molar-refractivity contribution in [2.24, 2.45) is 5.41 Å². The molecule has 156 valence electrons. The molecule has 0 bridgehead atoms. The van der Waals surface area contributed by atoms with E-state index in [-0.39, 0.29) is 0 Å². The molecular weight excluding hydrogens is 362 g/mol. The minimum atomic E-state index is 0.299. The number of hydrogen-bond donors (Lipinski definition) is 0.